The van der Waals surface area contributed by atoms with Gasteiger partial charge in [-0.3, -0.25) is 4.79 Å². The minimum atomic E-state index is -0.0773. The Balaban J connectivity index is 2.88. The molecular formula is C14H23N3O2. The molecule has 0 atom stereocenters. The van der Waals surface area contributed by atoms with Crippen LogP contribution in [0, 0.1) is 0 Å². The van der Waals surface area contributed by atoms with E-state index in [0.717, 1.165) is 12.8 Å². The first kappa shape index (κ1) is 15.4. The maximum atomic E-state index is 12.5. The molecule has 0 unspecified atom stereocenters. The Morgan fingerprint density at radius 1 is 1.42 bits per heavy atom. The number of nitrogens with zero attached hydrogens (tertiary/aromatic N) is 2. The van der Waals surface area contributed by atoms with Crippen LogP contribution < -0.4 is 5.32 Å². The van der Waals surface area contributed by atoms with Crippen molar-refractivity contribution in [3.05, 3.63) is 23.9 Å². The number of anilines is 1. The predicted molar refractivity (Wildman–Crippen MR) is 76.3 cm³/mol. The molecule has 1 amide bonds. The maximum Gasteiger partial charge on any atom is 0.257 e. The average Bonchev–Trinajstić information content (AvgIpc) is 2.44. The van der Waals surface area contributed by atoms with Gasteiger partial charge in [-0.1, -0.05) is 13.3 Å². The van der Waals surface area contributed by atoms with E-state index in [1.165, 1.54) is 0 Å². The highest BCUT2D eigenvalue weighted by atomic mass is 16.3. The number of hydrogen-bond acceptors (Lipinski definition) is 4. The zero-order chi connectivity index (χ0) is 14.1. The standard InChI is InChI=1S/C14H23N3O2/c1-3-5-9-17(10-11-18)14(19)12-7-6-8-16-13(12)15-4-2/h6-8,18H,3-5,9-11H2,1-2H3,(H,15,16). The van der Waals surface area contributed by atoms with Crippen molar-refractivity contribution in [1.82, 2.24) is 9.88 Å². The molecule has 2 N–H and O–H groups in total. The number of rotatable bonds is 8. The number of aliphatic hydroxyl groups excluding tert-OH is 1. The highest BCUT2D eigenvalue weighted by Gasteiger charge is 2.18. The third kappa shape index (κ3) is 4.52. The summed E-state index contributed by atoms with van der Waals surface area (Å²) in [6.45, 7) is 5.76. The van der Waals surface area contributed by atoms with Gasteiger partial charge in [0.25, 0.3) is 5.91 Å². The van der Waals surface area contributed by atoms with Crippen LogP contribution in [0.25, 0.3) is 0 Å². The highest BCUT2D eigenvalue weighted by Crippen LogP contribution is 2.14. The number of aromatic nitrogens is 1. The summed E-state index contributed by atoms with van der Waals surface area (Å²) in [4.78, 5) is 18.3. The molecule has 0 aliphatic rings. The summed E-state index contributed by atoms with van der Waals surface area (Å²) in [6.07, 6.45) is 3.61. The molecule has 0 aliphatic heterocycles. The van der Waals surface area contributed by atoms with Crippen molar-refractivity contribution in [2.75, 3.05) is 31.6 Å². The lowest BCUT2D eigenvalue weighted by atomic mass is 10.2. The van der Waals surface area contributed by atoms with Crippen LogP contribution in [0.15, 0.2) is 18.3 Å². The van der Waals surface area contributed by atoms with Gasteiger partial charge in [0, 0.05) is 25.8 Å². The lowest BCUT2D eigenvalue weighted by Crippen LogP contribution is -2.35. The van der Waals surface area contributed by atoms with E-state index in [-0.39, 0.29) is 12.5 Å². The van der Waals surface area contributed by atoms with Crippen LogP contribution >= 0.6 is 0 Å². The molecule has 1 heterocycles. The van der Waals surface area contributed by atoms with Crippen molar-refractivity contribution in [2.45, 2.75) is 26.7 Å². The minimum absolute atomic E-state index is 0.0216. The van der Waals surface area contributed by atoms with Gasteiger partial charge in [0.05, 0.1) is 12.2 Å². The second kappa shape index (κ2) is 8.48. The molecule has 1 aromatic rings. The van der Waals surface area contributed by atoms with Gasteiger partial charge in [0.1, 0.15) is 5.82 Å². The number of carbonyl (C=O) groups is 1. The van der Waals surface area contributed by atoms with Gasteiger partial charge in [0.2, 0.25) is 0 Å². The molecule has 0 saturated heterocycles. The van der Waals surface area contributed by atoms with E-state index in [0.29, 0.717) is 31.0 Å². The molecule has 1 rings (SSSR count). The molecule has 0 aromatic carbocycles. The molecule has 19 heavy (non-hydrogen) atoms. The first-order valence-corrected chi connectivity index (χ1v) is 6.83. The Morgan fingerprint density at radius 3 is 2.84 bits per heavy atom. The summed E-state index contributed by atoms with van der Waals surface area (Å²) in [7, 11) is 0. The topological polar surface area (TPSA) is 65.5 Å². The fourth-order valence-corrected chi connectivity index (χ4v) is 1.84. The Kier molecular flexibility index (Phi) is 6.89. The van der Waals surface area contributed by atoms with E-state index < -0.39 is 0 Å². The van der Waals surface area contributed by atoms with Crippen molar-refractivity contribution >= 4 is 11.7 Å². The van der Waals surface area contributed by atoms with Crippen LogP contribution in [0.4, 0.5) is 5.82 Å². The maximum absolute atomic E-state index is 12.5. The number of hydrogen-bond donors (Lipinski definition) is 2. The van der Waals surface area contributed by atoms with Gasteiger partial charge in [-0.25, -0.2) is 4.98 Å². The van der Waals surface area contributed by atoms with Gasteiger partial charge >= 0.3 is 0 Å². The van der Waals surface area contributed by atoms with Gasteiger partial charge in [-0.2, -0.15) is 0 Å². The van der Waals surface area contributed by atoms with Crippen LogP contribution in [0.3, 0.4) is 0 Å². The van der Waals surface area contributed by atoms with E-state index >= 15 is 0 Å². The van der Waals surface area contributed by atoms with Gasteiger partial charge < -0.3 is 15.3 Å². The summed E-state index contributed by atoms with van der Waals surface area (Å²) >= 11 is 0. The van der Waals surface area contributed by atoms with Crippen molar-refractivity contribution < 1.29 is 9.90 Å². The summed E-state index contributed by atoms with van der Waals surface area (Å²) in [5.74, 6) is 0.529. The molecule has 0 saturated carbocycles. The fourth-order valence-electron chi connectivity index (χ4n) is 1.84. The average molecular weight is 265 g/mol. The molecule has 0 fully saturated rings. The second-order valence-corrected chi connectivity index (χ2v) is 4.30. The van der Waals surface area contributed by atoms with Crippen molar-refractivity contribution in [3.8, 4) is 0 Å². The Hall–Kier alpha value is -1.62. The predicted octanol–water partition coefficient (Wildman–Crippen LogP) is 1.75. The number of carbonyl (C=O) groups excluding carboxylic acids is 1. The number of unbranched alkanes of at least 4 members (excludes halogenated alkanes) is 1. The zero-order valence-corrected chi connectivity index (χ0v) is 11.7. The third-order valence-electron chi connectivity index (χ3n) is 2.82. The molecule has 0 radical (unpaired) electrons. The normalized spacial score (nSPS) is 10.3. The molecule has 0 bridgehead atoms. The molecular weight excluding hydrogens is 242 g/mol. The first-order chi connectivity index (χ1) is 9.24. The summed E-state index contributed by atoms with van der Waals surface area (Å²) in [6, 6.07) is 3.52. The second-order valence-electron chi connectivity index (χ2n) is 4.30. The van der Waals surface area contributed by atoms with Crippen molar-refractivity contribution in [3.63, 3.8) is 0 Å². The Morgan fingerprint density at radius 2 is 2.21 bits per heavy atom. The molecule has 0 spiro atoms. The lowest BCUT2D eigenvalue weighted by Gasteiger charge is -2.22. The van der Waals surface area contributed by atoms with E-state index in [9.17, 15) is 4.79 Å². The number of pyridine rings is 1. The molecule has 5 heteroatoms. The van der Waals surface area contributed by atoms with E-state index in [2.05, 4.69) is 17.2 Å². The van der Waals surface area contributed by atoms with Crippen molar-refractivity contribution in [1.29, 1.82) is 0 Å². The van der Waals surface area contributed by atoms with Crippen LogP contribution in [-0.4, -0.2) is 47.1 Å². The Labute approximate surface area is 114 Å². The highest BCUT2D eigenvalue weighted by molar-refractivity contribution is 5.98. The molecule has 106 valence electrons. The van der Waals surface area contributed by atoms with Crippen LogP contribution in [0.1, 0.15) is 37.0 Å². The SMILES string of the molecule is CCCCN(CCO)C(=O)c1cccnc1NCC. The van der Waals surface area contributed by atoms with Gasteiger partial charge in [-0.05, 0) is 25.5 Å². The van der Waals surface area contributed by atoms with E-state index in [1.54, 1.807) is 23.2 Å². The quantitative estimate of drug-likeness (QED) is 0.751. The minimum Gasteiger partial charge on any atom is -0.395 e. The number of nitrogens with one attached hydrogen (secondary N) is 1. The summed E-state index contributed by atoms with van der Waals surface area (Å²) < 4.78 is 0. The van der Waals surface area contributed by atoms with Gasteiger partial charge in [-0.15, -0.1) is 0 Å². The monoisotopic (exact) mass is 265 g/mol. The lowest BCUT2D eigenvalue weighted by molar-refractivity contribution is 0.0720. The molecule has 5 nitrogen and oxygen atoms in total. The summed E-state index contributed by atoms with van der Waals surface area (Å²) in [5, 5.41) is 12.2. The number of aliphatic hydroxyl groups is 1. The largest absolute Gasteiger partial charge is 0.395 e. The molecule has 0 aliphatic carbocycles. The smallest absolute Gasteiger partial charge is 0.257 e. The van der Waals surface area contributed by atoms with E-state index in [1.807, 2.05) is 6.92 Å². The zero-order valence-electron chi connectivity index (χ0n) is 11.7. The van der Waals surface area contributed by atoms with Crippen LogP contribution in [0.5, 0.6) is 0 Å². The van der Waals surface area contributed by atoms with Crippen molar-refractivity contribution in [2.24, 2.45) is 0 Å². The molecule has 1 aromatic heterocycles. The van der Waals surface area contributed by atoms with E-state index in [4.69, 9.17) is 5.11 Å². The first-order valence-electron chi connectivity index (χ1n) is 6.83. The third-order valence-corrected chi connectivity index (χ3v) is 2.82. The Bertz CT molecular complexity index is 396. The number of amides is 1. The van der Waals surface area contributed by atoms with Gasteiger partial charge in [0.15, 0.2) is 0 Å². The van der Waals surface area contributed by atoms with Crippen LogP contribution in [0.2, 0.25) is 0 Å². The van der Waals surface area contributed by atoms with Crippen LogP contribution in [-0.2, 0) is 0 Å². The fraction of sp³-hybridized carbons (Fsp3) is 0.571. The summed E-state index contributed by atoms with van der Waals surface area (Å²) in [5.41, 5.74) is 0.564.